The maximum atomic E-state index is 14.1. The summed E-state index contributed by atoms with van der Waals surface area (Å²) < 4.78 is 88.8. The summed E-state index contributed by atoms with van der Waals surface area (Å²) in [7, 11) is 0. The Morgan fingerprint density at radius 3 is 2.06 bits per heavy atom. The van der Waals surface area contributed by atoms with Crippen LogP contribution in [0.5, 0.6) is 0 Å². The van der Waals surface area contributed by atoms with Gasteiger partial charge in [0.05, 0.1) is 22.7 Å². The lowest BCUT2D eigenvalue weighted by Gasteiger charge is -2.41. The summed E-state index contributed by atoms with van der Waals surface area (Å²) in [4.78, 5) is 48.1. The zero-order chi connectivity index (χ0) is 37.2. The van der Waals surface area contributed by atoms with Gasteiger partial charge in [-0.15, -0.1) is 0 Å². The molecule has 0 bridgehead atoms. The lowest BCUT2D eigenvalue weighted by molar-refractivity contribution is -0.143. The van der Waals surface area contributed by atoms with E-state index in [1.54, 1.807) is 14.7 Å². The molecule has 6 rings (SSSR count). The number of nitrogens with two attached hydrogens (primary N) is 1. The second kappa shape index (κ2) is 15.5. The molecule has 2 aromatic rings. The number of alkyl halides is 6. The van der Waals surface area contributed by atoms with Crippen LogP contribution in [0.3, 0.4) is 0 Å². The quantitative estimate of drug-likeness (QED) is 0.297. The molecule has 16 heteroatoms. The number of piperidine rings is 1. The largest absolute Gasteiger partial charge is 0.418 e. The van der Waals surface area contributed by atoms with E-state index in [1.807, 2.05) is 24.3 Å². The molecular weight excluding hydrogens is 694 g/mol. The van der Waals surface area contributed by atoms with Gasteiger partial charge in [-0.25, -0.2) is 4.79 Å². The first kappa shape index (κ1) is 37.7. The fraction of sp³-hybridized carbons (Fsp3) is 0.583. The molecule has 52 heavy (non-hydrogen) atoms. The Morgan fingerprint density at radius 2 is 1.44 bits per heavy atom. The summed E-state index contributed by atoms with van der Waals surface area (Å²) in [6.07, 6.45) is -7.91. The number of benzene rings is 2. The van der Waals surface area contributed by atoms with E-state index in [0.29, 0.717) is 83.4 Å². The monoisotopic (exact) mass is 738 g/mol. The van der Waals surface area contributed by atoms with E-state index < -0.39 is 59.7 Å². The zero-order valence-corrected chi connectivity index (χ0v) is 28.8. The Hall–Kier alpha value is -4.05. The summed E-state index contributed by atoms with van der Waals surface area (Å²) in [6, 6.07) is 8.61. The van der Waals surface area contributed by atoms with Crippen LogP contribution in [0.4, 0.5) is 42.5 Å². The summed E-state index contributed by atoms with van der Waals surface area (Å²) in [5.74, 6) is -2.12. The number of nitrogen functional groups attached to an aromatic ring is 1. The first-order chi connectivity index (χ1) is 24.7. The number of rotatable bonds is 7. The average Bonchev–Trinajstić information content (AvgIpc) is 3.29. The van der Waals surface area contributed by atoms with Crippen LogP contribution in [-0.2, 0) is 39.5 Å². The Kier molecular flexibility index (Phi) is 11.2. The molecule has 10 nitrogen and oxygen atoms in total. The topological polar surface area (TPSA) is 111 Å². The predicted molar refractivity (Wildman–Crippen MR) is 180 cm³/mol. The maximum absolute atomic E-state index is 14.1. The number of carbonyl (C=O) groups excluding carboxylic acids is 3. The molecule has 3 saturated heterocycles. The highest BCUT2D eigenvalue weighted by atomic mass is 19.4. The molecule has 1 atom stereocenters. The fourth-order valence-electron chi connectivity index (χ4n) is 7.95. The normalized spacial score (nSPS) is 20.7. The third kappa shape index (κ3) is 8.59. The van der Waals surface area contributed by atoms with Crippen LogP contribution >= 0.6 is 0 Å². The smallest absolute Gasteiger partial charge is 0.398 e. The summed E-state index contributed by atoms with van der Waals surface area (Å²) in [6.45, 7) is 4.09. The van der Waals surface area contributed by atoms with Crippen molar-refractivity contribution in [1.82, 2.24) is 19.6 Å². The summed E-state index contributed by atoms with van der Waals surface area (Å²) in [5.41, 5.74) is 2.07. The van der Waals surface area contributed by atoms with Gasteiger partial charge in [-0.1, -0.05) is 18.2 Å². The zero-order valence-electron chi connectivity index (χ0n) is 28.8. The van der Waals surface area contributed by atoms with E-state index in [9.17, 15) is 40.7 Å². The number of nitrogens with one attached hydrogen (secondary N) is 1. The molecule has 0 aliphatic carbocycles. The van der Waals surface area contributed by atoms with E-state index in [1.165, 1.54) is 0 Å². The van der Waals surface area contributed by atoms with E-state index in [4.69, 9.17) is 10.5 Å². The lowest BCUT2D eigenvalue weighted by Crippen LogP contribution is -2.54. The van der Waals surface area contributed by atoms with Crippen molar-refractivity contribution in [1.29, 1.82) is 0 Å². The minimum atomic E-state index is -5.17. The van der Waals surface area contributed by atoms with Crippen LogP contribution in [-0.4, -0.2) is 109 Å². The van der Waals surface area contributed by atoms with Crippen molar-refractivity contribution in [2.24, 2.45) is 5.92 Å². The van der Waals surface area contributed by atoms with Crippen molar-refractivity contribution in [3.63, 3.8) is 0 Å². The number of halogens is 6. The third-order valence-corrected chi connectivity index (χ3v) is 10.8. The molecule has 4 aliphatic heterocycles. The van der Waals surface area contributed by atoms with Crippen molar-refractivity contribution in [3.05, 3.63) is 58.7 Å². The number of nitrogens with zero attached hydrogens (tertiary/aromatic N) is 4. The van der Waals surface area contributed by atoms with Crippen molar-refractivity contribution >= 4 is 29.2 Å². The molecule has 0 aromatic heterocycles. The highest BCUT2D eigenvalue weighted by molar-refractivity contribution is 5.91. The molecule has 3 N–H and O–H groups in total. The average molecular weight is 739 g/mol. The number of hydrogen-bond acceptors (Lipinski definition) is 6. The number of para-hydroxylation sites is 1. The van der Waals surface area contributed by atoms with E-state index >= 15 is 0 Å². The van der Waals surface area contributed by atoms with Crippen LogP contribution in [0.1, 0.15) is 54.4 Å². The van der Waals surface area contributed by atoms with Gasteiger partial charge < -0.3 is 30.5 Å². The highest BCUT2D eigenvalue weighted by Gasteiger charge is 2.42. The van der Waals surface area contributed by atoms with Crippen molar-refractivity contribution < 1.29 is 45.5 Å². The van der Waals surface area contributed by atoms with E-state index in [0.717, 1.165) is 24.1 Å². The minimum Gasteiger partial charge on any atom is -0.398 e. The second-order valence-corrected chi connectivity index (χ2v) is 14.1. The molecule has 2 aromatic carbocycles. The Labute approximate surface area is 298 Å². The number of fused-ring (bicyclic) bond motifs is 1. The number of carbonyl (C=O) groups is 3. The second-order valence-electron chi connectivity index (χ2n) is 14.1. The molecule has 0 radical (unpaired) electrons. The first-order valence-electron chi connectivity index (χ1n) is 17.8. The van der Waals surface area contributed by atoms with Gasteiger partial charge in [-0.05, 0) is 67.9 Å². The SMILES string of the molecule is Nc1c(C(F)(F)F)cc(C[C@@H](CC(=O)N2CCC(N3CCc4ccccc4NC3=O)CC2)C(=O)N2CCN(C3CCOCC3)CC2)cc1C(F)(F)F. The van der Waals surface area contributed by atoms with Crippen LogP contribution in [0.15, 0.2) is 36.4 Å². The lowest BCUT2D eigenvalue weighted by atomic mass is 9.90. The van der Waals surface area contributed by atoms with Crippen LogP contribution in [0, 0.1) is 5.92 Å². The fourth-order valence-corrected chi connectivity index (χ4v) is 7.95. The van der Waals surface area contributed by atoms with Gasteiger partial charge in [-0.2, -0.15) is 26.3 Å². The Balaban J connectivity index is 1.17. The number of likely N-dealkylation sites (tertiary alicyclic amines) is 1. The molecule has 0 unspecified atom stereocenters. The Bertz CT molecular complexity index is 1580. The van der Waals surface area contributed by atoms with Gasteiger partial charge in [0.25, 0.3) is 0 Å². The predicted octanol–water partition coefficient (Wildman–Crippen LogP) is 5.26. The molecule has 3 fully saturated rings. The maximum Gasteiger partial charge on any atom is 0.418 e. The molecule has 4 heterocycles. The minimum absolute atomic E-state index is 0.140. The van der Waals surface area contributed by atoms with Gasteiger partial charge >= 0.3 is 18.4 Å². The first-order valence-corrected chi connectivity index (χ1v) is 17.8. The van der Waals surface area contributed by atoms with Crippen molar-refractivity contribution in [2.45, 2.75) is 69.4 Å². The van der Waals surface area contributed by atoms with Crippen LogP contribution in [0.25, 0.3) is 0 Å². The number of ether oxygens (including phenoxy) is 1. The van der Waals surface area contributed by atoms with Gasteiger partial charge in [-0.3, -0.25) is 14.5 Å². The molecule has 284 valence electrons. The molecule has 0 spiro atoms. The number of piperazine rings is 1. The standard InChI is InChI=1S/C36H44F6N6O4/c37-35(38,39)28-20-23(21-29(32(28)43)36(40,41)42)19-25(33(50)47-15-13-45(14-16-47)26-8-17-52-18-9-26)22-31(49)46-10-6-27(7-11-46)48-12-5-24-3-1-2-4-30(24)44-34(48)51/h1-4,20-21,25-27H,5-19,22,43H2,(H,44,51)/t25-/m0/s1. The molecule has 4 amide bonds. The summed E-state index contributed by atoms with van der Waals surface area (Å²) >= 11 is 0. The highest BCUT2D eigenvalue weighted by Crippen LogP contribution is 2.42. The van der Waals surface area contributed by atoms with Gasteiger partial charge in [0.1, 0.15) is 0 Å². The van der Waals surface area contributed by atoms with Gasteiger partial charge in [0, 0.05) is 83.2 Å². The third-order valence-electron chi connectivity index (χ3n) is 10.8. The molecule has 4 aliphatic rings. The van der Waals surface area contributed by atoms with E-state index in [-0.39, 0.29) is 30.7 Å². The van der Waals surface area contributed by atoms with Crippen LogP contribution < -0.4 is 11.1 Å². The molecular formula is C36H44F6N6O4. The number of hydrogen-bond donors (Lipinski definition) is 2. The van der Waals surface area contributed by atoms with Gasteiger partial charge in [0.15, 0.2) is 0 Å². The number of anilines is 2. The van der Waals surface area contributed by atoms with Crippen LogP contribution in [0.2, 0.25) is 0 Å². The van der Waals surface area contributed by atoms with Gasteiger partial charge in [0.2, 0.25) is 11.8 Å². The van der Waals surface area contributed by atoms with E-state index in [2.05, 4.69) is 10.2 Å². The van der Waals surface area contributed by atoms with Crippen molar-refractivity contribution in [2.75, 3.05) is 70.1 Å². The number of urea groups is 1. The number of amides is 4. The van der Waals surface area contributed by atoms with Crippen molar-refractivity contribution in [3.8, 4) is 0 Å². The molecule has 0 saturated carbocycles. The summed E-state index contributed by atoms with van der Waals surface area (Å²) in [5, 5.41) is 2.95. The Morgan fingerprint density at radius 1 is 0.827 bits per heavy atom.